The molecule has 0 radical (unpaired) electrons. The van der Waals surface area contributed by atoms with Crippen LogP contribution in [0.25, 0.3) is 0 Å². The van der Waals surface area contributed by atoms with Crippen molar-refractivity contribution in [1.82, 2.24) is 9.55 Å². The molecule has 1 aromatic heterocycles. The number of aromatic nitrogens is 2. The van der Waals surface area contributed by atoms with Crippen LogP contribution in [0.2, 0.25) is 0 Å². The Kier molecular flexibility index (Phi) is 2.72. The van der Waals surface area contributed by atoms with Crippen LogP contribution in [0.1, 0.15) is 68.5 Å². The lowest BCUT2D eigenvalue weighted by atomic mass is 9.88. The molecule has 2 N–H and O–H groups in total. The van der Waals surface area contributed by atoms with Gasteiger partial charge in [0.15, 0.2) is 0 Å². The van der Waals surface area contributed by atoms with Crippen molar-refractivity contribution in [3.63, 3.8) is 0 Å². The highest BCUT2D eigenvalue weighted by Crippen LogP contribution is 2.35. The van der Waals surface area contributed by atoms with E-state index in [4.69, 9.17) is 5.73 Å². The number of fused-ring (bicyclic) bond motifs is 1. The largest absolute Gasteiger partial charge is 0.316 e. The zero-order chi connectivity index (χ0) is 11.0. The normalized spacial score (nSPS) is 26.7. The average molecular weight is 219 g/mol. The number of nitrogens with two attached hydrogens (primary N) is 1. The Hall–Kier alpha value is -0.830. The number of rotatable bonds is 1. The van der Waals surface area contributed by atoms with E-state index in [2.05, 4.69) is 15.7 Å². The zero-order valence-electron chi connectivity index (χ0n) is 9.86. The lowest BCUT2D eigenvalue weighted by Crippen LogP contribution is -2.27. The molecular formula is C13H21N3. The van der Waals surface area contributed by atoms with Gasteiger partial charge in [0.1, 0.15) is 5.82 Å². The average Bonchev–Trinajstić information content (AvgIpc) is 2.75. The van der Waals surface area contributed by atoms with Gasteiger partial charge in [0.2, 0.25) is 0 Å². The summed E-state index contributed by atoms with van der Waals surface area (Å²) in [6.45, 7) is 0. The van der Waals surface area contributed by atoms with E-state index in [1.165, 1.54) is 50.0 Å². The Bertz CT molecular complexity index is 363. The maximum atomic E-state index is 6.22. The van der Waals surface area contributed by atoms with Gasteiger partial charge in [0.05, 0.1) is 6.17 Å². The van der Waals surface area contributed by atoms with Crippen molar-refractivity contribution in [1.29, 1.82) is 0 Å². The van der Waals surface area contributed by atoms with E-state index in [0.29, 0.717) is 5.92 Å². The van der Waals surface area contributed by atoms with Gasteiger partial charge in [-0.1, -0.05) is 19.3 Å². The molecule has 0 amide bonds. The van der Waals surface area contributed by atoms with Gasteiger partial charge in [0, 0.05) is 17.8 Å². The molecule has 1 saturated carbocycles. The summed E-state index contributed by atoms with van der Waals surface area (Å²) in [5.74, 6) is 1.95. The molecule has 0 aromatic carbocycles. The summed E-state index contributed by atoms with van der Waals surface area (Å²) < 4.78 is 2.33. The molecule has 1 fully saturated rings. The van der Waals surface area contributed by atoms with E-state index in [9.17, 15) is 0 Å². The molecule has 1 unspecified atom stereocenters. The van der Waals surface area contributed by atoms with Crippen molar-refractivity contribution >= 4 is 0 Å². The molecule has 1 aliphatic heterocycles. The predicted molar refractivity (Wildman–Crippen MR) is 64.2 cm³/mol. The Balaban J connectivity index is 1.91. The fraction of sp³-hybridized carbons (Fsp3) is 0.769. The maximum Gasteiger partial charge on any atom is 0.113 e. The summed E-state index contributed by atoms with van der Waals surface area (Å²) in [6, 6.07) is 0. The molecule has 3 heteroatoms. The monoisotopic (exact) mass is 219 g/mol. The summed E-state index contributed by atoms with van der Waals surface area (Å²) in [4.78, 5) is 4.65. The number of aryl methyl sites for hydroxylation is 1. The topological polar surface area (TPSA) is 43.8 Å². The maximum absolute atomic E-state index is 6.22. The highest BCUT2D eigenvalue weighted by molar-refractivity contribution is 5.13. The quantitative estimate of drug-likeness (QED) is 0.789. The minimum atomic E-state index is 0.183. The summed E-state index contributed by atoms with van der Waals surface area (Å²) in [7, 11) is 0. The van der Waals surface area contributed by atoms with E-state index in [-0.39, 0.29) is 6.17 Å². The van der Waals surface area contributed by atoms with Crippen molar-refractivity contribution in [2.24, 2.45) is 5.73 Å². The molecule has 1 aliphatic carbocycles. The zero-order valence-corrected chi connectivity index (χ0v) is 9.86. The third-order valence-corrected chi connectivity index (χ3v) is 4.14. The van der Waals surface area contributed by atoms with Gasteiger partial charge >= 0.3 is 0 Å². The SMILES string of the molecule is NC1CCCc2cnc(C3CCCCC3)n21. The molecule has 3 rings (SSSR count). The molecule has 2 aliphatic rings. The molecule has 88 valence electrons. The fourth-order valence-electron chi connectivity index (χ4n) is 3.26. The molecule has 0 saturated heterocycles. The molecule has 0 spiro atoms. The lowest BCUT2D eigenvalue weighted by molar-refractivity contribution is 0.361. The van der Waals surface area contributed by atoms with Crippen LogP contribution in [0.4, 0.5) is 0 Å². The lowest BCUT2D eigenvalue weighted by Gasteiger charge is -2.28. The van der Waals surface area contributed by atoms with Gasteiger partial charge < -0.3 is 10.3 Å². The van der Waals surface area contributed by atoms with E-state index in [0.717, 1.165) is 12.8 Å². The Morgan fingerprint density at radius 3 is 2.75 bits per heavy atom. The third kappa shape index (κ3) is 1.67. The Morgan fingerprint density at radius 2 is 1.94 bits per heavy atom. The van der Waals surface area contributed by atoms with E-state index in [1.807, 2.05) is 0 Å². The van der Waals surface area contributed by atoms with Gasteiger partial charge in [-0.15, -0.1) is 0 Å². The standard InChI is InChI=1S/C13H21N3/c14-12-8-4-7-11-9-15-13(16(11)12)10-5-2-1-3-6-10/h9-10,12H,1-8,14H2. The Labute approximate surface area is 97.0 Å². The highest BCUT2D eigenvalue weighted by Gasteiger charge is 2.26. The minimum Gasteiger partial charge on any atom is -0.316 e. The van der Waals surface area contributed by atoms with Gasteiger partial charge in [-0.2, -0.15) is 0 Å². The second-order valence-electron chi connectivity index (χ2n) is 5.27. The third-order valence-electron chi connectivity index (χ3n) is 4.14. The van der Waals surface area contributed by atoms with Gasteiger partial charge in [-0.05, 0) is 32.1 Å². The van der Waals surface area contributed by atoms with Crippen LogP contribution in [-0.2, 0) is 6.42 Å². The molecule has 3 nitrogen and oxygen atoms in total. The van der Waals surface area contributed by atoms with Gasteiger partial charge in [0.25, 0.3) is 0 Å². The van der Waals surface area contributed by atoms with Crippen LogP contribution >= 0.6 is 0 Å². The number of hydrogen-bond donors (Lipinski definition) is 1. The van der Waals surface area contributed by atoms with Gasteiger partial charge in [-0.25, -0.2) is 4.98 Å². The minimum absolute atomic E-state index is 0.183. The van der Waals surface area contributed by atoms with Crippen LogP contribution in [0.15, 0.2) is 6.20 Å². The summed E-state index contributed by atoms with van der Waals surface area (Å²) in [6.07, 6.45) is 12.5. The van der Waals surface area contributed by atoms with Crippen molar-refractivity contribution < 1.29 is 0 Å². The number of nitrogens with zero attached hydrogens (tertiary/aromatic N) is 2. The van der Waals surface area contributed by atoms with Crippen LogP contribution in [0.3, 0.4) is 0 Å². The van der Waals surface area contributed by atoms with Crippen molar-refractivity contribution in [2.45, 2.75) is 63.5 Å². The molecule has 1 atom stereocenters. The van der Waals surface area contributed by atoms with Crippen LogP contribution < -0.4 is 5.73 Å². The summed E-state index contributed by atoms with van der Waals surface area (Å²) >= 11 is 0. The second-order valence-corrected chi connectivity index (χ2v) is 5.27. The van der Waals surface area contributed by atoms with E-state index < -0.39 is 0 Å². The molecule has 0 bridgehead atoms. The van der Waals surface area contributed by atoms with Crippen LogP contribution in [0, 0.1) is 0 Å². The van der Waals surface area contributed by atoms with Gasteiger partial charge in [-0.3, -0.25) is 0 Å². The summed E-state index contributed by atoms with van der Waals surface area (Å²) in [5, 5.41) is 0. The van der Waals surface area contributed by atoms with Crippen molar-refractivity contribution in [2.75, 3.05) is 0 Å². The molecule has 1 aromatic rings. The first kappa shape index (κ1) is 10.3. The Morgan fingerprint density at radius 1 is 1.12 bits per heavy atom. The number of imidazole rings is 1. The molecule has 16 heavy (non-hydrogen) atoms. The van der Waals surface area contributed by atoms with Crippen LogP contribution in [0.5, 0.6) is 0 Å². The first-order valence-electron chi connectivity index (χ1n) is 6.68. The summed E-state index contributed by atoms with van der Waals surface area (Å²) in [5.41, 5.74) is 7.58. The first-order valence-corrected chi connectivity index (χ1v) is 6.68. The smallest absolute Gasteiger partial charge is 0.113 e. The van der Waals surface area contributed by atoms with E-state index >= 15 is 0 Å². The van der Waals surface area contributed by atoms with E-state index in [1.54, 1.807) is 0 Å². The van der Waals surface area contributed by atoms with Crippen molar-refractivity contribution in [3.05, 3.63) is 17.7 Å². The van der Waals surface area contributed by atoms with Crippen molar-refractivity contribution in [3.8, 4) is 0 Å². The predicted octanol–water partition coefficient (Wildman–Crippen LogP) is 2.72. The molecular weight excluding hydrogens is 198 g/mol. The molecule has 2 heterocycles. The first-order chi connectivity index (χ1) is 7.86. The second kappa shape index (κ2) is 4.21. The number of hydrogen-bond acceptors (Lipinski definition) is 2. The highest BCUT2D eigenvalue weighted by atomic mass is 15.2. The van der Waals surface area contributed by atoms with Crippen LogP contribution in [-0.4, -0.2) is 9.55 Å². The fourth-order valence-corrected chi connectivity index (χ4v) is 3.26.